The number of nitrogens with zero attached hydrogens (tertiary/aromatic N) is 1. The van der Waals surface area contributed by atoms with Crippen molar-refractivity contribution in [1.82, 2.24) is 9.97 Å². The molecule has 0 amide bonds. The molecule has 0 unspecified atom stereocenters. The molecule has 17 heavy (non-hydrogen) atoms. The molecule has 0 saturated carbocycles. The Morgan fingerprint density at radius 3 is 3.00 bits per heavy atom. The van der Waals surface area contributed by atoms with Gasteiger partial charge in [-0.2, -0.15) is 0 Å². The summed E-state index contributed by atoms with van der Waals surface area (Å²) in [4.78, 5) is 17.7. The minimum atomic E-state index is -0.591. The van der Waals surface area contributed by atoms with Crippen LogP contribution in [0, 0.1) is 5.82 Å². The maximum absolute atomic E-state index is 13.6. The quantitative estimate of drug-likeness (QED) is 0.868. The average Bonchev–Trinajstić information content (AvgIpc) is 2.80. The third-order valence-electron chi connectivity index (χ3n) is 2.17. The summed E-state index contributed by atoms with van der Waals surface area (Å²) in [5, 5.41) is 0. The van der Waals surface area contributed by atoms with Gasteiger partial charge in [-0.15, -0.1) is 0 Å². The SMILES string of the molecule is COC(=O)c1ncc(-c2cc(Br)ccc2F)[nH]1. The molecule has 1 N–H and O–H groups in total. The van der Waals surface area contributed by atoms with E-state index < -0.39 is 11.8 Å². The summed E-state index contributed by atoms with van der Waals surface area (Å²) in [7, 11) is 1.25. The molecule has 0 aliphatic carbocycles. The number of halogens is 2. The number of imidazole rings is 1. The molecular formula is C11H8BrFN2O2. The van der Waals surface area contributed by atoms with Crippen molar-refractivity contribution in [2.45, 2.75) is 0 Å². The van der Waals surface area contributed by atoms with E-state index in [-0.39, 0.29) is 5.82 Å². The van der Waals surface area contributed by atoms with Crippen LogP contribution in [0.25, 0.3) is 11.3 Å². The van der Waals surface area contributed by atoms with Gasteiger partial charge in [0.15, 0.2) is 0 Å². The highest BCUT2D eigenvalue weighted by Crippen LogP contribution is 2.24. The lowest BCUT2D eigenvalue weighted by atomic mass is 10.1. The van der Waals surface area contributed by atoms with Gasteiger partial charge in [-0.05, 0) is 18.2 Å². The Balaban J connectivity index is 2.43. The van der Waals surface area contributed by atoms with Gasteiger partial charge in [-0.1, -0.05) is 15.9 Å². The van der Waals surface area contributed by atoms with Gasteiger partial charge in [0.1, 0.15) is 5.82 Å². The molecule has 0 spiro atoms. The van der Waals surface area contributed by atoms with Crippen molar-refractivity contribution in [3.63, 3.8) is 0 Å². The van der Waals surface area contributed by atoms with Crippen molar-refractivity contribution in [1.29, 1.82) is 0 Å². The van der Waals surface area contributed by atoms with Gasteiger partial charge >= 0.3 is 5.97 Å². The third kappa shape index (κ3) is 2.36. The Morgan fingerprint density at radius 2 is 2.29 bits per heavy atom. The highest BCUT2D eigenvalue weighted by Gasteiger charge is 2.13. The second kappa shape index (κ2) is 4.67. The van der Waals surface area contributed by atoms with Crippen LogP contribution in [0.2, 0.25) is 0 Å². The van der Waals surface area contributed by atoms with E-state index in [1.807, 2.05) is 0 Å². The molecule has 88 valence electrons. The molecule has 0 radical (unpaired) electrons. The first kappa shape index (κ1) is 11.8. The summed E-state index contributed by atoms with van der Waals surface area (Å²) in [6.07, 6.45) is 1.39. The summed E-state index contributed by atoms with van der Waals surface area (Å²) < 4.78 is 18.8. The molecule has 4 nitrogen and oxygen atoms in total. The van der Waals surface area contributed by atoms with Crippen LogP contribution in [0.15, 0.2) is 28.9 Å². The number of hydrogen-bond acceptors (Lipinski definition) is 3. The van der Waals surface area contributed by atoms with Gasteiger partial charge in [-0.3, -0.25) is 0 Å². The van der Waals surface area contributed by atoms with Crippen LogP contribution in [0.1, 0.15) is 10.6 Å². The zero-order chi connectivity index (χ0) is 12.4. The summed E-state index contributed by atoms with van der Waals surface area (Å²) in [5.74, 6) is -0.943. The fourth-order valence-corrected chi connectivity index (χ4v) is 1.72. The predicted molar refractivity (Wildman–Crippen MR) is 63.0 cm³/mol. The van der Waals surface area contributed by atoms with E-state index in [9.17, 15) is 9.18 Å². The molecule has 6 heteroatoms. The van der Waals surface area contributed by atoms with Gasteiger partial charge in [-0.25, -0.2) is 14.2 Å². The fraction of sp³-hybridized carbons (Fsp3) is 0.0909. The first-order valence-electron chi connectivity index (χ1n) is 4.70. The first-order valence-corrected chi connectivity index (χ1v) is 5.50. The van der Waals surface area contributed by atoms with Crippen LogP contribution in [-0.2, 0) is 4.74 Å². The van der Waals surface area contributed by atoms with E-state index >= 15 is 0 Å². The molecule has 0 fully saturated rings. The summed E-state index contributed by atoms with van der Waals surface area (Å²) in [6.45, 7) is 0. The number of methoxy groups -OCH3 is 1. The van der Waals surface area contributed by atoms with Gasteiger partial charge < -0.3 is 9.72 Å². The highest BCUT2D eigenvalue weighted by atomic mass is 79.9. The number of hydrogen-bond donors (Lipinski definition) is 1. The molecule has 1 aromatic heterocycles. The number of aromatic nitrogens is 2. The van der Waals surface area contributed by atoms with Crippen molar-refractivity contribution in [2.24, 2.45) is 0 Å². The normalized spacial score (nSPS) is 10.3. The molecule has 2 aromatic rings. The van der Waals surface area contributed by atoms with Crippen LogP contribution in [0.5, 0.6) is 0 Å². The second-order valence-corrected chi connectivity index (χ2v) is 4.18. The van der Waals surface area contributed by atoms with Crippen molar-refractivity contribution in [3.05, 3.63) is 40.5 Å². The zero-order valence-electron chi connectivity index (χ0n) is 8.83. The standard InChI is InChI=1S/C11H8BrFN2O2/c1-17-11(16)10-14-5-9(15-10)7-4-6(12)2-3-8(7)13/h2-5H,1H3,(H,14,15). The highest BCUT2D eigenvalue weighted by molar-refractivity contribution is 9.10. The lowest BCUT2D eigenvalue weighted by Gasteiger charge is -2.00. The van der Waals surface area contributed by atoms with Crippen molar-refractivity contribution in [3.8, 4) is 11.3 Å². The minimum Gasteiger partial charge on any atom is -0.463 e. The number of ether oxygens (including phenoxy) is 1. The van der Waals surface area contributed by atoms with Crippen LogP contribution >= 0.6 is 15.9 Å². The summed E-state index contributed by atoms with van der Waals surface area (Å²) in [5.41, 5.74) is 0.756. The smallest absolute Gasteiger partial charge is 0.374 e. The van der Waals surface area contributed by atoms with Crippen LogP contribution in [-0.4, -0.2) is 23.0 Å². The number of rotatable bonds is 2. The molecule has 2 rings (SSSR count). The summed E-state index contributed by atoms with van der Waals surface area (Å²) >= 11 is 3.25. The lowest BCUT2D eigenvalue weighted by molar-refractivity contribution is 0.0588. The van der Waals surface area contributed by atoms with Gasteiger partial charge in [0, 0.05) is 10.0 Å². The lowest BCUT2D eigenvalue weighted by Crippen LogP contribution is -2.03. The molecule has 0 aliphatic rings. The second-order valence-electron chi connectivity index (χ2n) is 3.26. The minimum absolute atomic E-state index is 0.0434. The molecule has 0 saturated heterocycles. The van der Waals surface area contributed by atoms with E-state index in [0.29, 0.717) is 11.3 Å². The molecule has 0 aliphatic heterocycles. The number of benzene rings is 1. The monoisotopic (exact) mass is 298 g/mol. The Labute approximate surface area is 105 Å². The van der Waals surface area contributed by atoms with Gasteiger partial charge in [0.25, 0.3) is 0 Å². The Hall–Kier alpha value is -1.69. The van der Waals surface area contributed by atoms with Crippen LogP contribution in [0.3, 0.4) is 0 Å². The topological polar surface area (TPSA) is 55.0 Å². The first-order chi connectivity index (χ1) is 8.11. The molecule has 0 bridgehead atoms. The van der Waals surface area contributed by atoms with Crippen LogP contribution < -0.4 is 0 Å². The van der Waals surface area contributed by atoms with E-state index in [1.165, 1.54) is 19.4 Å². The number of nitrogens with one attached hydrogen (secondary N) is 1. The Morgan fingerprint density at radius 1 is 1.53 bits per heavy atom. The van der Waals surface area contributed by atoms with Crippen molar-refractivity contribution >= 4 is 21.9 Å². The van der Waals surface area contributed by atoms with E-state index in [4.69, 9.17) is 0 Å². The Kier molecular flexibility index (Phi) is 3.23. The average molecular weight is 299 g/mol. The van der Waals surface area contributed by atoms with Crippen molar-refractivity contribution in [2.75, 3.05) is 7.11 Å². The predicted octanol–water partition coefficient (Wildman–Crippen LogP) is 2.76. The maximum Gasteiger partial charge on any atom is 0.374 e. The maximum atomic E-state index is 13.6. The molecule has 0 atom stereocenters. The number of H-pyrrole nitrogens is 1. The zero-order valence-corrected chi connectivity index (χ0v) is 10.4. The number of carbonyl (C=O) groups excluding carboxylic acids is 1. The van der Waals surface area contributed by atoms with Crippen molar-refractivity contribution < 1.29 is 13.9 Å². The van der Waals surface area contributed by atoms with E-state index in [2.05, 4.69) is 30.6 Å². The molecule has 1 aromatic carbocycles. The summed E-state index contributed by atoms with van der Waals surface area (Å²) in [6, 6.07) is 4.53. The Bertz CT molecular complexity index is 568. The number of aromatic amines is 1. The number of carbonyl (C=O) groups is 1. The van der Waals surface area contributed by atoms with Gasteiger partial charge in [0.2, 0.25) is 5.82 Å². The molecule has 1 heterocycles. The fourth-order valence-electron chi connectivity index (χ4n) is 1.36. The number of esters is 1. The van der Waals surface area contributed by atoms with E-state index in [0.717, 1.165) is 4.47 Å². The van der Waals surface area contributed by atoms with Gasteiger partial charge in [0.05, 0.1) is 19.0 Å². The molecular weight excluding hydrogens is 291 g/mol. The van der Waals surface area contributed by atoms with Crippen LogP contribution in [0.4, 0.5) is 4.39 Å². The van der Waals surface area contributed by atoms with E-state index in [1.54, 1.807) is 12.1 Å². The third-order valence-corrected chi connectivity index (χ3v) is 2.67. The largest absolute Gasteiger partial charge is 0.463 e.